The molecule has 0 bridgehead atoms. The van der Waals surface area contributed by atoms with E-state index in [1.165, 1.54) is 11.9 Å². The molecule has 3 heterocycles. The van der Waals surface area contributed by atoms with E-state index in [4.69, 9.17) is 4.52 Å². The van der Waals surface area contributed by atoms with Crippen LogP contribution in [0.2, 0.25) is 0 Å². The van der Waals surface area contributed by atoms with Crippen molar-refractivity contribution in [2.45, 2.75) is 45.2 Å². The van der Waals surface area contributed by atoms with Gasteiger partial charge in [0.2, 0.25) is 5.89 Å². The highest BCUT2D eigenvalue weighted by Gasteiger charge is 2.52. The molecule has 0 saturated carbocycles. The number of carbonyl (C=O) groups is 2. The normalized spacial score (nSPS) is 30.6. The van der Waals surface area contributed by atoms with Gasteiger partial charge < -0.3 is 9.84 Å². The summed E-state index contributed by atoms with van der Waals surface area (Å²) < 4.78 is 5.27. The van der Waals surface area contributed by atoms with Gasteiger partial charge >= 0.3 is 6.03 Å². The van der Waals surface area contributed by atoms with Crippen LogP contribution in [0.25, 0.3) is 0 Å². The number of urea groups is 1. The molecule has 0 aromatic carbocycles. The maximum Gasteiger partial charge on any atom is 0.324 e. The Morgan fingerprint density at radius 3 is 2.74 bits per heavy atom. The molecule has 3 amide bonds. The first-order valence-electron chi connectivity index (χ1n) is 7.97. The van der Waals surface area contributed by atoms with E-state index in [0.29, 0.717) is 18.3 Å². The Morgan fingerprint density at radius 2 is 2.17 bits per heavy atom. The molecule has 3 rings (SSSR count). The van der Waals surface area contributed by atoms with E-state index in [1.807, 2.05) is 13.8 Å². The van der Waals surface area contributed by atoms with Crippen molar-refractivity contribution in [1.82, 2.24) is 25.3 Å². The first-order chi connectivity index (χ1) is 10.8. The van der Waals surface area contributed by atoms with Gasteiger partial charge in [0.05, 0.1) is 6.04 Å². The zero-order valence-corrected chi connectivity index (χ0v) is 14.0. The van der Waals surface area contributed by atoms with E-state index in [2.05, 4.69) is 20.4 Å². The van der Waals surface area contributed by atoms with E-state index < -0.39 is 5.54 Å². The molecule has 1 N–H and O–H groups in total. The summed E-state index contributed by atoms with van der Waals surface area (Å²) in [6.07, 6.45) is 1.87. The Labute approximate surface area is 135 Å². The molecule has 3 atom stereocenters. The predicted molar refractivity (Wildman–Crippen MR) is 81.5 cm³/mol. The minimum atomic E-state index is -0.838. The van der Waals surface area contributed by atoms with Crippen LogP contribution in [-0.2, 0) is 4.79 Å². The highest BCUT2D eigenvalue weighted by molar-refractivity contribution is 6.06. The summed E-state index contributed by atoms with van der Waals surface area (Å²) in [5, 5.41) is 6.71. The lowest BCUT2D eigenvalue weighted by Gasteiger charge is -2.41. The van der Waals surface area contributed by atoms with Crippen molar-refractivity contribution < 1.29 is 14.1 Å². The van der Waals surface area contributed by atoms with Crippen LogP contribution in [0.15, 0.2) is 4.52 Å². The molecule has 2 saturated heterocycles. The third kappa shape index (κ3) is 2.60. The Morgan fingerprint density at radius 1 is 1.43 bits per heavy atom. The number of nitrogens with one attached hydrogen (secondary N) is 1. The largest absolute Gasteiger partial charge is 0.338 e. The summed E-state index contributed by atoms with van der Waals surface area (Å²) >= 11 is 0. The molecular weight excluding hydrogens is 298 g/mol. The first-order valence-corrected chi connectivity index (χ1v) is 7.97. The Kier molecular flexibility index (Phi) is 3.87. The number of amides is 3. The number of rotatable bonds is 3. The van der Waals surface area contributed by atoms with Crippen molar-refractivity contribution >= 4 is 11.9 Å². The van der Waals surface area contributed by atoms with Gasteiger partial charge in [-0.3, -0.25) is 14.6 Å². The summed E-state index contributed by atoms with van der Waals surface area (Å²) in [6.45, 7) is 7.26. The molecule has 23 heavy (non-hydrogen) atoms. The van der Waals surface area contributed by atoms with Gasteiger partial charge in [-0.1, -0.05) is 5.16 Å². The number of hydrogen-bond donors (Lipinski definition) is 1. The Bertz CT molecular complexity index is 630. The minimum Gasteiger partial charge on any atom is -0.338 e. The number of aromatic nitrogens is 2. The number of piperidine rings is 1. The Balaban J connectivity index is 1.76. The fraction of sp³-hybridized carbons (Fsp3) is 0.733. The molecule has 2 aliphatic heterocycles. The van der Waals surface area contributed by atoms with Crippen molar-refractivity contribution in [3.63, 3.8) is 0 Å². The lowest BCUT2D eigenvalue weighted by Crippen LogP contribution is -2.56. The molecule has 1 aromatic heterocycles. The Hall–Kier alpha value is -1.96. The van der Waals surface area contributed by atoms with Gasteiger partial charge in [0.25, 0.3) is 5.91 Å². The van der Waals surface area contributed by atoms with E-state index in [9.17, 15) is 9.59 Å². The third-order valence-electron chi connectivity index (χ3n) is 5.14. The van der Waals surface area contributed by atoms with Crippen molar-refractivity contribution in [3.05, 3.63) is 11.7 Å². The zero-order valence-electron chi connectivity index (χ0n) is 14.0. The van der Waals surface area contributed by atoms with Gasteiger partial charge in [0, 0.05) is 19.5 Å². The molecule has 8 nitrogen and oxygen atoms in total. The topological polar surface area (TPSA) is 91.6 Å². The number of carbonyl (C=O) groups excluding carboxylic acids is 2. The van der Waals surface area contributed by atoms with Crippen LogP contribution in [0.1, 0.15) is 44.4 Å². The van der Waals surface area contributed by atoms with Gasteiger partial charge in [-0.25, -0.2) is 4.79 Å². The number of hydrogen-bond acceptors (Lipinski definition) is 6. The lowest BCUT2D eigenvalue weighted by atomic mass is 9.79. The molecule has 126 valence electrons. The van der Waals surface area contributed by atoms with Crippen LogP contribution in [-0.4, -0.2) is 57.6 Å². The van der Waals surface area contributed by atoms with Crippen LogP contribution in [0.4, 0.5) is 4.79 Å². The SMILES string of the molecule is Cc1noc([C@H](C)N2CCC[C@H]([C@@]3(C)NC(=O)N(C)C3=O)C2)n1. The highest BCUT2D eigenvalue weighted by Crippen LogP contribution is 2.34. The van der Waals surface area contributed by atoms with Crippen LogP contribution >= 0.6 is 0 Å². The van der Waals surface area contributed by atoms with Gasteiger partial charge in [-0.05, 0) is 40.2 Å². The molecule has 2 fully saturated rings. The van der Waals surface area contributed by atoms with Gasteiger partial charge in [-0.15, -0.1) is 0 Å². The predicted octanol–water partition coefficient (Wildman–Crippen LogP) is 1.09. The lowest BCUT2D eigenvalue weighted by molar-refractivity contribution is -0.132. The summed E-state index contributed by atoms with van der Waals surface area (Å²) in [5.74, 6) is 1.11. The van der Waals surface area contributed by atoms with E-state index in [0.717, 1.165) is 19.4 Å². The van der Waals surface area contributed by atoms with E-state index >= 15 is 0 Å². The second kappa shape index (κ2) is 5.59. The maximum atomic E-state index is 12.5. The van der Waals surface area contributed by atoms with Crippen LogP contribution < -0.4 is 5.32 Å². The summed E-state index contributed by atoms with van der Waals surface area (Å²) in [4.78, 5) is 32.0. The van der Waals surface area contributed by atoms with Crippen LogP contribution in [0.3, 0.4) is 0 Å². The molecule has 2 aliphatic rings. The molecule has 0 spiro atoms. The van der Waals surface area contributed by atoms with Crippen LogP contribution in [0.5, 0.6) is 0 Å². The van der Waals surface area contributed by atoms with Gasteiger partial charge in [0.15, 0.2) is 5.82 Å². The average molecular weight is 321 g/mol. The van der Waals surface area contributed by atoms with E-state index in [-0.39, 0.29) is 23.9 Å². The quantitative estimate of drug-likeness (QED) is 0.838. The summed E-state index contributed by atoms with van der Waals surface area (Å²) in [6, 6.07) is -0.331. The molecular formula is C15H23N5O3. The van der Waals surface area contributed by atoms with Crippen molar-refractivity contribution in [1.29, 1.82) is 0 Å². The number of likely N-dealkylation sites (N-methyl/N-ethyl adjacent to an activating group) is 1. The molecule has 8 heteroatoms. The molecule has 0 aliphatic carbocycles. The maximum absolute atomic E-state index is 12.5. The number of aryl methyl sites for hydroxylation is 1. The van der Waals surface area contributed by atoms with Gasteiger partial charge in [0.1, 0.15) is 5.54 Å². The monoisotopic (exact) mass is 321 g/mol. The second-order valence-corrected chi connectivity index (χ2v) is 6.69. The molecule has 1 aromatic rings. The summed E-state index contributed by atoms with van der Waals surface area (Å²) in [7, 11) is 1.52. The minimum absolute atomic E-state index is 0.00691. The highest BCUT2D eigenvalue weighted by atomic mass is 16.5. The fourth-order valence-corrected chi connectivity index (χ4v) is 3.55. The number of nitrogens with zero attached hydrogens (tertiary/aromatic N) is 4. The van der Waals surface area contributed by atoms with Crippen LogP contribution in [0, 0.1) is 12.8 Å². The smallest absolute Gasteiger partial charge is 0.324 e. The third-order valence-corrected chi connectivity index (χ3v) is 5.14. The van der Waals surface area contributed by atoms with E-state index in [1.54, 1.807) is 6.92 Å². The van der Waals surface area contributed by atoms with Crippen molar-refractivity contribution in [3.8, 4) is 0 Å². The van der Waals surface area contributed by atoms with Gasteiger partial charge in [-0.2, -0.15) is 4.98 Å². The standard InChI is InChI=1S/C15H23N5O3/c1-9(12-16-10(2)18-23-12)20-7-5-6-11(8-20)15(3)13(21)19(4)14(22)17-15/h9,11H,5-8H2,1-4H3,(H,17,22)/t9-,11-,15+/m0/s1. The first kappa shape index (κ1) is 15.9. The zero-order chi connectivity index (χ0) is 16.8. The van der Waals surface area contributed by atoms with Crippen molar-refractivity contribution in [2.24, 2.45) is 5.92 Å². The fourth-order valence-electron chi connectivity index (χ4n) is 3.55. The molecule has 0 unspecified atom stereocenters. The van der Waals surface area contributed by atoms with Crippen molar-refractivity contribution in [2.75, 3.05) is 20.1 Å². The molecule has 0 radical (unpaired) electrons. The number of likely N-dealkylation sites (tertiary alicyclic amines) is 1. The average Bonchev–Trinajstić information content (AvgIpc) is 3.06. The second-order valence-electron chi connectivity index (χ2n) is 6.69. The summed E-state index contributed by atoms with van der Waals surface area (Å²) in [5.41, 5.74) is -0.838. The number of imide groups is 1.